The molecule has 38 heavy (non-hydrogen) atoms. The molecule has 1 saturated carbocycles. The van der Waals surface area contributed by atoms with Gasteiger partial charge in [-0.05, 0) is 87.9 Å². The molecule has 2 heterocycles. The third kappa shape index (κ3) is 6.10. The van der Waals surface area contributed by atoms with Crippen molar-refractivity contribution in [1.82, 2.24) is 4.98 Å². The molecular formula is C29H32FN3O4S. The average Bonchev–Trinajstić information content (AvgIpc) is 3.34. The van der Waals surface area contributed by atoms with Gasteiger partial charge in [-0.15, -0.1) is 11.3 Å². The zero-order valence-corrected chi connectivity index (χ0v) is 22.8. The number of ether oxygens (including phenoxy) is 1. The van der Waals surface area contributed by atoms with Gasteiger partial charge in [0.25, 0.3) is 5.91 Å². The van der Waals surface area contributed by atoms with Gasteiger partial charge in [-0.1, -0.05) is 6.92 Å². The number of pyridine rings is 1. The van der Waals surface area contributed by atoms with Crippen LogP contribution in [0.2, 0.25) is 0 Å². The third-order valence-electron chi connectivity index (χ3n) is 6.86. The minimum atomic E-state index is -0.497. The van der Waals surface area contributed by atoms with Crippen molar-refractivity contribution in [1.29, 1.82) is 0 Å². The molecule has 9 heteroatoms. The highest BCUT2D eigenvalue weighted by Gasteiger charge is 2.33. The first kappa shape index (κ1) is 27.4. The van der Waals surface area contributed by atoms with Gasteiger partial charge in [0.05, 0.1) is 12.8 Å². The van der Waals surface area contributed by atoms with Crippen LogP contribution in [0.5, 0.6) is 0 Å². The molecule has 0 saturated heterocycles. The number of amides is 2. The molecule has 1 aromatic carbocycles. The molecule has 3 aromatic rings. The molecule has 4 rings (SSSR count). The fraction of sp³-hybridized carbons (Fsp3) is 0.379. The van der Waals surface area contributed by atoms with Gasteiger partial charge < -0.3 is 15.0 Å². The Kier molecular flexibility index (Phi) is 8.56. The maximum absolute atomic E-state index is 13.6. The number of halogens is 1. The van der Waals surface area contributed by atoms with E-state index in [1.807, 2.05) is 19.9 Å². The van der Waals surface area contributed by atoms with Gasteiger partial charge >= 0.3 is 5.97 Å². The van der Waals surface area contributed by atoms with Crippen molar-refractivity contribution in [3.63, 3.8) is 0 Å². The number of thiophene rings is 1. The normalized spacial score (nSPS) is 17.2. The highest BCUT2D eigenvalue weighted by atomic mass is 32.1. The number of carbonyl (C=O) groups excluding carboxylic acids is 3. The zero-order chi connectivity index (χ0) is 27.4. The Bertz CT molecular complexity index is 1300. The SMILES string of the molecule is COC(=O)c1sc(-c2ccc(NC(=O)c3ccc(F)cc3)nc2)cc1N(C(=O)[C@H]1CC[C@H](C)CC1)C(C)C. The molecule has 0 bridgehead atoms. The van der Waals surface area contributed by atoms with Crippen LogP contribution in [0, 0.1) is 17.7 Å². The molecule has 0 unspecified atom stereocenters. The topological polar surface area (TPSA) is 88.6 Å². The molecule has 0 atom stereocenters. The number of nitrogens with one attached hydrogen (secondary N) is 1. The summed E-state index contributed by atoms with van der Waals surface area (Å²) >= 11 is 1.24. The summed E-state index contributed by atoms with van der Waals surface area (Å²) in [5, 5.41) is 2.69. The second-order valence-corrected chi connectivity index (χ2v) is 11.0. The Hall–Kier alpha value is -3.59. The first-order chi connectivity index (χ1) is 18.2. The van der Waals surface area contributed by atoms with Crippen LogP contribution >= 0.6 is 11.3 Å². The number of rotatable bonds is 7. The second kappa shape index (κ2) is 11.9. The van der Waals surface area contributed by atoms with E-state index in [9.17, 15) is 18.8 Å². The van der Waals surface area contributed by atoms with E-state index in [1.54, 1.807) is 23.2 Å². The Morgan fingerprint density at radius 1 is 1.08 bits per heavy atom. The summed E-state index contributed by atoms with van der Waals surface area (Å²) in [6.45, 7) is 6.11. The summed E-state index contributed by atoms with van der Waals surface area (Å²) in [5.74, 6) is -0.384. The minimum Gasteiger partial charge on any atom is -0.465 e. The highest BCUT2D eigenvalue weighted by molar-refractivity contribution is 7.18. The standard InChI is InChI=1S/C29H32FN3O4S/c1-17(2)33(28(35)20-7-5-18(3)6-8-20)23-15-24(38-26(23)29(36)37-4)21-11-14-25(31-16-21)32-27(34)19-9-12-22(30)13-10-19/h9-18,20H,5-8H2,1-4H3,(H,31,32,34)/t18-,20-. The molecule has 1 N–H and O–H groups in total. The van der Waals surface area contributed by atoms with Crippen molar-refractivity contribution < 1.29 is 23.5 Å². The smallest absolute Gasteiger partial charge is 0.350 e. The Labute approximate surface area is 226 Å². The summed E-state index contributed by atoms with van der Waals surface area (Å²) in [6.07, 6.45) is 5.35. The lowest BCUT2D eigenvalue weighted by Crippen LogP contribution is -2.42. The van der Waals surface area contributed by atoms with Crippen molar-refractivity contribution in [2.24, 2.45) is 11.8 Å². The molecule has 1 fully saturated rings. The Balaban J connectivity index is 1.59. The Morgan fingerprint density at radius 2 is 1.76 bits per heavy atom. The fourth-order valence-electron chi connectivity index (χ4n) is 4.70. The molecule has 2 amide bonds. The van der Waals surface area contributed by atoms with Crippen molar-refractivity contribution >= 4 is 40.6 Å². The summed E-state index contributed by atoms with van der Waals surface area (Å²) in [6, 6.07) is 10.4. The number of anilines is 2. The van der Waals surface area contributed by atoms with Crippen molar-refractivity contribution in [2.75, 3.05) is 17.3 Å². The fourth-order valence-corrected chi connectivity index (χ4v) is 5.76. The maximum Gasteiger partial charge on any atom is 0.350 e. The summed E-state index contributed by atoms with van der Waals surface area (Å²) in [5.41, 5.74) is 1.59. The van der Waals surface area contributed by atoms with Gasteiger partial charge in [0, 0.05) is 34.2 Å². The maximum atomic E-state index is 13.6. The molecule has 2 aromatic heterocycles. The lowest BCUT2D eigenvalue weighted by molar-refractivity contribution is -0.123. The van der Waals surface area contributed by atoms with Crippen LogP contribution in [0.25, 0.3) is 10.4 Å². The number of benzene rings is 1. The van der Waals surface area contributed by atoms with Crippen LogP contribution in [0.15, 0.2) is 48.7 Å². The minimum absolute atomic E-state index is 0.0402. The number of esters is 1. The van der Waals surface area contributed by atoms with Crippen LogP contribution < -0.4 is 10.2 Å². The van der Waals surface area contributed by atoms with Crippen LogP contribution in [-0.4, -0.2) is 35.9 Å². The van der Waals surface area contributed by atoms with Crippen molar-refractivity contribution in [3.8, 4) is 10.4 Å². The van der Waals surface area contributed by atoms with Gasteiger partial charge in [0.2, 0.25) is 5.91 Å². The van der Waals surface area contributed by atoms with E-state index in [-0.39, 0.29) is 17.9 Å². The molecule has 200 valence electrons. The molecular weight excluding hydrogens is 505 g/mol. The number of hydrogen-bond acceptors (Lipinski definition) is 6. The van der Waals surface area contributed by atoms with Crippen LogP contribution in [-0.2, 0) is 9.53 Å². The van der Waals surface area contributed by atoms with Gasteiger partial charge in [-0.25, -0.2) is 14.2 Å². The first-order valence-corrected chi connectivity index (χ1v) is 13.6. The van der Waals surface area contributed by atoms with Crippen molar-refractivity contribution in [3.05, 3.63) is 64.9 Å². The summed E-state index contributed by atoms with van der Waals surface area (Å²) < 4.78 is 18.2. The molecule has 7 nitrogen and oxygen atoms in total. The summed E-state index contributed by atoms with van der Waals surface area (Å²) in [4.78, 5) is 46.0. The van der Waals surface area contributed by atoms with E-state index >= 15 is 0 Å². The van der Waals surface area contributed by atoms with Gasteiger partial charge in [-0.3, -0.25) is 9.59 Å². The number of nitrogens with zero attached hydrogens (tertiary/aromatic N) is 2. The lowest BCUT2D eigenvalue weighted by atomic mass is 9.82. The molecule has 1 aliphatic carbocycles. The quantitative estimate of drug-likeness (QED) is 0.345. The molecule has 0 spiro atoms. The zero-order valence-electron chi connectivity index (χ0n) is 22.0. The molecule has 1 aliphatic rings. The highest BCUT2D eigenvalue weighted by Crippen LogP contribution is 2.40. The van der Waals surface area contributed by atoms with E-state index in [2.05, 4.69) is 17.2 Å². The van der Waals surface area contributed by atoms with Gasteiger partial charge in [-0.2, -0.15) is 0 Å². The van der Waals surface area contributed by atoms with Crippen LogP contribution in [0.3, 0.4) is 0 Å². The van der Waals surface area contributed by atoms with E-state index in [0.29, 0.717) is 27.9 Å². The van der Waals surface area contributed by atoms with Crippen LogP contribution in [0.4, 0.5) is 15.9 Å². The molecule has 0 aliphatic heterocycles. The number of methoxy groups -OCH3 is 1. The van der Waals surface area contributed by atoms with Gasteiger partial charge in [0.15, 0.2) is 0 Å². The predicted octanol–water partition coefficient (Wildman–Crippen LogP) is 6.56. The average molecular weight is 538 g/mol. The Morgan fingerprint density at radius 3 is 2.34 bits per heavy atom. The predicted molar refractivity (Wildman–Crippen MR) is 147 cm³/mol. The molecule has 0 radical (unpaired) electrons. The van der Waals surface area contributed by atoms with Gasteiger partial charge in [0.1, 0.15) is 16.5 Å². The third-order valence-corrected chi connectivity index (χ3v) is 8.01. The van der Waals surface area contributed by atoms with E-state index in [0.717, 1.165) is 36.1 Å². The van der Waals surface area contributed by atoms with Crippen LogP contribution in [0.1, 0.15) is 66.5 Å². The van der Waals surface area contributed by atoms with Crippen molar-refractivity contribution in [2.45, 2.75) is 52.5 Å². The lowest BCUT2D eigenvalue weighted by Gasteiger charge is -2.33. The number of hydrogen-bond donors (Lipinski definition) is 1. The number of aromatic nitrogens is 1. The monoisotopic (exact) mass is 537 g/mol. The van der Waals surface area contributed by atoms with E-state index in [1.165, 1.54) is 42.7 Å². The number of carbonyl (C=O) groups is 3. The van der Waals surface area contributed by atoms with E-state index < -0.39 is 17.7 Å². The van der Waals surface area contributed by atoms with E-state index in [4.69, 9.17) is 4.74 Å². The first-order valence-electron chi connectivity index (χ1n) is 12.8. The largest absolute Gasteiger partial charge is 0.465 e. The second-order valence-electron chi connectivity index (χ2n) is 9.97. The summed E-state index contributed by atoms with van der Waals surface area (Å²) in [7, 11) is 1.33.